The number of hydrogen-bond donors (Lipinski definition) is 2. The smallest absolute Gasteiger partial charge is 0.275 e. The van der Waals surface area contributed by atoms with E-state index in [0.717, 1.165) is 4.90 Å². The van der Waals surface area contributed by atoms with Crippen molar-refractivity contribution in [2.75, 3.05) is 18.4 Å². The number of carbonyl (C=O) groups is 3. The number of rotatable bonds is 5. The molecule has 0 aromatic carbocycles. The SMILES string of the molecule is N#CC1CC(F)(F)CN1C(=O)CNC(=O)c1ccncc1NC(=O)c1cn2ccccc2n1. The fraction of sp³-hybridized carbons (Fsp3) is 0.238. The maximum Gasteiger partial charge on any atom is 0.275 e. The van der Waals surface area contributed by atoms with Gasteiger partial charge in [-0.3, -0.25) is 19.4 Å². The summed E-state index contributed by atoms with van der Waals surface area (Å²) >= 11 is 0. The molecule has 1 aliphatic heterocycles. The van der Waals surface area contributed by atoms with E-state index in [1.807, 2.05) is 0 Å². The minimum atomic E-state index is -3.15. The highest BCUT2D eigenvalue weighted by Crippen LogP contribution is 2.31. The van der Waals surface area contributed by atoms with E-state index in [2.05, 4.69) is 20.6 Å². The molecule has 10 nitrogen and oxygen atoms in total. The van der Waals surface area contributed by atoms with E-state index < -0.39 is 49.2 Å². The number of halogens is 2. The van der Waals surface area contributed by atoms with Gasteiger partial charge in [0.05, 0.1) is 36.6 Å². The number of imidazole rings is 1. The minimum Gasteiger partial charge on any atom is -0.343 e. The van der Waals surface area contributed by atoms with Crippen LogP contribution < -0.4 is 10.6 Å². The van der Waals surface area contributed by atoms with Crippen LogP contribution in [0.2, 0.25) is 0 Å². The van der Waals surface area contributed by atoms with Crippen LogP contribution in [0.3, 0.4) is 0 Å². The molecule has 3 amide bonds. The number of aromatic nitrogens is 3. The van der Waals surface area contributed by atoms with Gasteiger partial charge < -0.3 is 19.9 Å². The van der Waals surface area contributed by atoms with E-state index >= 15 is 0 Å². The predicted octanol–water partition coefficient (Wildman–Crippen LogP) is 1.47. The van der Waals surface area contributed by atoms with Crippen LogP contribution in [-0.4, -0.2) is 62.0 Å². The third kappa shape index (κ3) is 4.62. The molecule has 0 saturated carbocycles. The number of likely N-dealkylation sites (tertiary alicyclic amines) is 1. The summed E-state index contributed by atoms with van der Waals surface area (Å²) in [5.74, 6) is -5.26. The van der Waals surface area contributed by atoms with E-state index in [-0.39, 0.29) is 16.9 Å². The van der Waals surface area contributed by atoms with Gasteiger partial charge in [-0.1, -0.05) is 6.07 Å². The number of nitrogens with zero attached hydrogens (tertiary/aromatic N) is 5. The molecule has 1 saturated heterocycles. The number of fused-ring (bicyclic) bond motifs is 1. The summed E-state index contributed by atoms with van der Waals surface area (Å²) in [7, 11) is 0. The molecular formula is C21H17F2N7O3. The molecule has 0 bridgehead atoms. The quantitative estimate of drug-likeness (QED) is 0.601. The summed E-state index contributed by atoms with van der Waals surface area (Å²) in [5.41, 5.74) is 0.767. The summed E-state index contributed by atoms with van der Waals surface area (Å²) in [6.07, 6.45) is 5.09. The number of hydrogen-bond acceptors (Lipinski definition) is 6. The van der Waals surface area contributed by atoms with Gasteiger partial charge in [0.1, 0.15) is 17.4 Å². The minimum absolute atomic E-state index is 0.0125. The first-order valence-corrected chi connectivity index (χ1v) is 9.81. The average Bonchev–Trinajstić information content (AvgIpc) is 3.38. The van der Waals surface area contributed by atoms with Gasteiger partial charge in [0, 0.05) is 25.0 Å². The van der Waals surface area contributed by atoms with Crippen molar-refractivity contribution < 1.29 is 23.2 Å². The molecule has 0 aliphatic carbocycles. The number of nitrogens with one attached hydrogen (secondary N) is 2. The topological polar surface area (TPSA) is 132 Å². The second kappa shape index (κ2) is 8.62. The van der Waals surface area contributed by atoms with Crippen molar-refractivity contribution in [2.45, 2.75) is 18.4 Å². The normalized spacial score (nSPS) is 16.9. The van der Waals surface area contributed by atoms with Crippen molar-refractivity contribution in [1.29, 1.82) is 5.26 Å². The van der Waals surface area contributed by atoms with E-state index in [0.29, 0.717) is 5.65 Å². The van der Waals surface area contributed by atoms with E-state index in [1.165, 1.54) is 24.7 Å². The van der Waals surface area contributed by atoms with Crippen LogP contribution >= 0.6 is 0 Å². The average molecular weight is 453 g/mol. The molecule has 12 heteroatoms. The van der Waals surface area contributed by atoms with E-state index in [9.17, 15) is 23.2 Å². The summed E-state index contributed by atoms with van der Waals surface area (Å²) in [4.78, 5) is 46.4. The fourth-order valence-electron chi connectivity index (χ4n) is 3.47. The fourth-order valence-corrected chi connectivity index (χ4v) is 3.47. The molecule has 33 heavy (non-hydrogen) atoms. The Kier molecular flexibility index (Phi) is 5.70. The zero-order valence-electron chi connectivity index (χ0n) is 17.0. The van der Waals surface area contributed by atoms with Crippen molar-refractivity contribution in [2.24, 2.45) is 0 Å². The zero-order valence-corrected chi connectivity index (χ0v) is 17.0. The molecule has 1 unspecified atom stereocenters. The van der Waals surface area contributed by atoms with Gasteiger partial charge in [-0.25, -0.2) is 13.8 Å². The van der Waals surface area contributed by atoms with Crippen LogP contribution in [0.5, 0.6) is 0 Å². The first kappa shape index (κ1) is 21.8. The third-order valence-electron chi connectivity index (χ3n) is 5.05. The Hall–Kier alpha value is -4.40. The second-order valence-electron chi connectivity index (χ2n) is 7.38. The van der Waals surface area contributed by atoms with E-state index in [4.69, 9.17) is 5.26 Å². The molecule has 3 aromatic rings. The lowest BCUT2D eigenvalue weighted by Crippen LogP contribution is -2.43. The summed E-state index contributed by atoms with van der Waals surface area (Å²) in [6, 6.07) is 7.03. The van der Waals surface area contributed by atoms with Gasteiger partial charge in [-0.05, 0) is 18.2 Å². The zero-order chi connectivity index (χ0) is 23.6. The standard InChI is InChI=1S/C21H17F2N7O3/c22-21(23)7-13(8-24)30(12-21)18(31)10-26-19(32)14-4-5-25-9-15(14)28-20(33)16-11-29-6-2-1-3-17(29)27-16/h1-6,9,11,13H,7,10,12H2,(H,26,32)(H,28,33). The van der Waals surface area contributed by atoms with Crippen LogP contribution in [0, 0.1) is 11.3 Å². The predicted molar refractivity (Wildman–Crippen MR) is 110 cm³/mol. The summed E-state index contributed by atoms with van der Waals surface area (Å²) in [5, 5.41) is 13.9. The molecule has 4 heterocycles. The van der Waals surface area contributed by atoms with Crippen molar-refractivity contribution in [3.63, 3.8) is 0 Å². The van der Waals surface area contributed by atoms with E-state index in [1.54, 1.807) is 34.9 Å². The van der Waals surface area contributed by atoms with Crippen molar-refractivity contribution in [1.82, 2.24) is 24.6 Å². The molecule has 1 atom stereocenters. The number of alkyl halides is 2. The number of pyridine rings is 2. The number of nitriles is 1. The highest BCUT2D eigenvalue weighted by Gasteiger charge is 2.47. The van der Waals surface area contributed by atoms with Crippen LogP contribution in [0.15, 0.2) is 49.1 Å². The Morgan fingerprint density at radius 1 is 1.24 bits per heavy atom. The van der Waals surface area contributed by atoms with Gasteiger partial charge in [-0.2, -0.15) is 5.26 Å². The maximum atomic E-state index is 13.6. The second-order valence-corrected chi connectivity index (χ2v) is 7.38. The maximum absolute atomic E-state index is 13.6. The monoisotopic (exact) mass is 453 g/mol. The number of anilines is 1. The highest BCUT2D eigenvalue weighted by molar-refractivity contribution is 6.08. The van der Waals surface area contributed by atoms with Gasteiger partial charge >= 0.3 is 0 Å². The van der Waals surface area contributed by atoms with Crippen LogP contribution in [0.4, 0.5) is 14.5 Å². The Morgan fingerprint density at radius 3 is 2.82 bits per heavy atom. The number of carbonyl (C=O) groups excluding carboxylic acids is 3. The first-order valence-electron chi connectivity index (χ1n) is 9.81. The third-order valence-corrected chi connectivity index (χ3v) is 5.05. The summed E-state index contributed by atoms with van der Waals surface area (Å²) in [6.45, 7) is -1.47. The molecular weight excluding hydrogens is 436 g/mol. The molecule has 168 valence electrons. The molecule has 4 rings (SSSR count). The molecule has 0 spiro atoms. The lowest BCUT2D eigenvalue weighted by Gasteiger charge is -2.19. The Balaban J connectivity index is 1.43. The molecule has 2 N–H and O–H groups in total. The van der Waals surface area contributed by atoms with Gasteiger partial charge in [0.25, 0.3) is 17.7 Å². The molecule has 0 radical (unpaired) electrons. The molecule has 3 aromatic heterocycles. The van der Waals surface area contributed by atoms with Gasteiger partial charge in [0.15, 0.2) is 0 Å². The Labute approximate surface area is 185 Å². The Morgan fingerprint density at radius 2 is 2.06 bits per heavy atom. The number of amides is 3. The highest BCUT2D eigenvalue weighted by atomic mass is 19.3. The Bertz CT molecular complexity index is 1250. The molecule has 1 aliphatic rings. The lowest BCUT2D eigenvalue weighted by molar-refractivity contribution is -0.131. The van der Waals surface area contributed by atoms with Gasteiger partial charge in [0.2, 0.25) is 5.91 Å². The van der Waals surface area contributed by atoms with Crippen LogP contribution in [-0.2, 0) is 4.79 Å². The van der Waals surface area contributed by atoms with Crippen LogP contribution in [0.1, 0.15) is 27.3 Å². The van der Waals surface area contributed by atoms with Crippen molar-refractivity contribution in [3.05, 3.63) is 60.3 Å². The lowest BCUT2D eigenvalue weighted by atomic mass is 10.2. The first-order chi connectivity index (χ1) is 15.8. The van der Waals surface area contributed by atoms with Crippen molar-refractivity contribution in [3.8, 4) is 6.07 Å². The van der Waals surface area contributed by atoms with Crippen molar-refractivity contribution >= 4 is 29.1 Å². The molecule has 1 fully saturated rings. The van der Waals surface area contributed by atoms with Gasteiger partial charge in [-0.15, -0.1) is 0 Å². The van der Waals surface area contributed by atoms with Crippen LogP contribution in [0.25, 0.3) is 5.65 Å². The largest absolute Gasteiger partial charge is 0.343 e. The summed E-state index contributed by atoms with van der Waals surface area (Å²) < 4.78 is 28.8.